The maximum atomic E-state index is 13.2. The Bertz CT molecular complexity index is 745. The molecule has 0 bridgehead atoms. The molecule has 23 heavy (non-hydrogen) atoms. The number of nitrogens with zero attached hydrogens (tertiary/aromatic N) is 1. The summed E-state index contributed by atoms with van der Waals surface area (Å²) in [6, 6.07) is 8.26. The summed E-state index contributed by atoms with van der Waals surface area (Å²) >= 11 is 0. The fraction of sp³-hybridized carbons (Fsp3) is 0.312. The van der Waals surface area contributed by atoms with Gasteiger partial charge in [0.2, 0.25) is 10.0 Å². The third kappa shape index (κ3) is 3.74. The highest BCUT2D eigenvalue weighted by Crippen LogP contribution is 2.28. The number of hydrogen-bond donors (Lipinski definition) is 1. The number of aromatic nitrogens is 1. The molecular weight excluding hydrogens is 319 g/mol. The van der Waals surface area contributed by atoms with Crippen LogP contribution in [-0.2, 0) is 14.8 Å². The Morgan fingerprint density at radius 2 is 2.04 bits per heavy atom. The van der Waals surface area contributed by atoms with E-state index >= 15 is 0 Å². The van der Waals surface area contributed by atoms with Gasteiger partial charge in [-0.2, -0.15) is 0 Å². The van der Waals surface area contributed by atoms with Crippen molar-refractivity contribution < 1.29 is 17.5 Å². The molecule has 1 aromatic heterocycles. The average molecular weight is 336 g/mol. The molecule has 5 nitrogen and oxygen atoms in total. The van der Waals surface area contributed by atoms with Gasteiger partial charge < -0.3 is 4.74 Å². The van der Waals surface area contributed by atoms with Crippen molar-refractivity contribution >= 4 is 10.0 Å². The predicted octanol–water partition coefficient (Wildman–Crippen LogP) is 2.42. The second-order valence-corrected chi connectivity index (χ2v) is 7.10. The molecule has 0 saturated carbocycles. The van der Waals surface area contributed by atoms with Gasteiger partial charge in [-0.05, 0) is 42.7 Å². The summed E-state index contributed by atoms with van der Waals surface area (Å²) < 4.78 is 46.6. The molecule has 0 radical (unpaired) electrons. The predicted molar refractivity (Wildman–Crippen MR) is 82.7 cm³/mol. The van der Waals surface area contributed by atoms with Gasteiger partial charge in [-0.25, -0.2) is 17.5 Å². The zero-order chi connectivity index (χ0) is 16.3. The molecule has 1 aliphatic rings. The molecule has 3 rings (SSSR count). The van der Waals surface area contributed by atoms with Gasteiger partial charge in [-0.15, -0.1) is 0 Å². The molecule has 0 spiro atoms. The second-order valence-electron chi connectivity index (χ2n) is 5.39. The smallest absolute Gasteiger partial charge is 0.242 e. The van der Waals surface area contributed by atoms with Gasteiger partial charge in [-0.1, -0.05) is 12.1 Å². The first-order valence-corrected chi connectivity index (χ1v) is 8.84. The maximum absolute atomic E-state index is 13.2. The van der Waals surface area contributed by atoms with Crippen LogP contribution in [0.25, 0.3) is 0 Å². The van der Waals surface area contributed by atoms with Crippen LogP contribution >= 0.6 is 0 Å². The number of sulfonamides is 1. The highest BCUT2D eigenvalue weighted by molar-refractivity contribution is 7.89. The van der Waals surface area contributed by atoms with E-state index in [1.165, 1.54) is 30.6 Å². The van der Waals surface area contributed by atoms with E-state index in [9.17, 15) is 12.8 Å². The minimum Gasteiger partial charge on any atom is -0.376 e. The lowest BCUT2D eigenvalue weighted by Gasteiger charge is -2.24. The van der Waals surface area contributed by atoms with Crippen molar-refractivity contribution in [2.24, 2.45) is 0 Å². The first kappa shape index (κ1) is 16.0. The zero-order valence-corrected chi connectivity index (χ0v) is 13.2. The molecule has 1 fully saturated rings. The third-order valence-electron chi connectivity index (χ3n) is 3.79. The van der Waals surface area contributed by atoms with Gasteiger partial charge in [0.25, 0.3) is 0 Å². The van der Waals surface area contributed by atoms with Gasteiger partial charge in [0.15, 0.2) is 0 Å². The summed E-state index contributed by atoms with van der Waals surface area (Å²) in [6.45, 7) is 0.594. The van der Waals surface area contributed by atoms with E-state index in [4.69, 9.17) is 4.74 Å². The molecule has 2 unspecified atom stereocenters. The van der Waals surface area contributed by atoms with Crippen molar-refractivity contribution in [2.75, 3.05) is 6.61 Å². The van der Waals surface area contributed by atoms with Crippen molar-refractivity contribution in [2.45, 2.75) is 29.9 Å². The van der Waals surface area contributed by atoms with Crippen LogP contribution in [0, 0.1) is 5.82 Å². The van der Waals surface area contributed by atoms with E-state index < -0.39 is 16.1 Å². The van der Waals surface area contributed by atoms with Gasteiger partial charge in [-0.3, -0.25) is 4.98 Å². The first-order chi connectivity index (χ1) is 11.1. The Labute approximate surface area is 134 Å². The number of rotatable bonds is 5. The van der Waals surface area contributed by atoms with Crippen LogP contribution in [0.1, 0.15) is 24.4 Å². The minimum absolute atomic E-state index is 0.0881. The molecule has 0 aliphatic carbocycles. The topological polar surface area (TPSA) is 68.3 Å². The molecule has 1 aliphatic heterocycles. The number of hydrogen-bond acceptors (Lipinski definition) is 4. The van der Waals surface area contributed by atoms with Gasteiger partial charge in [0.1, 0.15) is 10.7 Å². The van der Waals surface area contributed by atoms with Crippen molar-refractivity contribution in [3.8, 4) is 0 Å². The van der Waals surface area contributed by atoms with Gasteiger partial charge in [0, 0.05) is 19.0 Å². The molecular formula is C16H17FN2O3S. The lowest BCUT2D eigenvalue weighted by molar-refractivity contribution is 0.0851. The number of ether oxygens (including phenoxy) is 1. The molecule has 1 saturated heterocycles. The van der Waals surface area contributed by atoms with Crippen LogP contribution in [-0.4, -0.2) is 26.1 Å². The van der Waals surface area contributed by atoms with E-state index in [1.807, 2.05) is 0 Å². The molecule has 122 valence electrons. The number of pyridine rings is 1. The van der Waals surface area contributed by atoms with Gasteiger partial charge >= 0.3 is 0 Å². The molecule has 2 aromatic rings. The Balaban J connectivity index is 1.91. The number of halogens is 1. The summed E-state index contributed by atoms with van der Waals surface area (Å²) in [4.78, 5) is 3.93. The normalized spacial score (nSPS) is 19.6. The molecule has 1 aromatic carbocycles. The SMILES string of the molecule is O=S(=O)(NC(c1ccc(F)cc1)C1CCCO1)c1cccnc1. The quantitative estimate of drug-likeness (QED) is 0.910. The Morgan fingerprint density at radius 1 is 1.26 bits per heavy atom. The highest BCUT2D eigenvalue weighted by Gasteiger charge is 2.31. The van der Waals surface area contributed by atoms with E-state index in [0.717, 1.165) is 12.8 Å². The summed E-state index contributed by atoms with van der Waals surface area (Å²) in [5.74, 6) is -0.366. The minimum atomic E-state index is -3.74. The molecule has 1 N–H and O–H groups in total. The molecule has 0 amide bonds. The van der Waals surface area contributed by atoms with Crippen molar-refractivity contribution in [3.05, 3.63) is 60.2 Å². The standard InChI is InChI=1S/C16H17FN2O3S/c17-13-7-5-12(6-8-13)16(15-4-2-10-22-15)19-23(20,21)14-3-1-9-18-11-14/h1,3,5-9,11,15-16,19H,2,4,10H2. The van der Waals surface area contributed by atoms with E-state index in [0.29, 0.717) is 12.2 Å². The third-order valence-corrected chi connectivity index (χ3v) is 5.22. The van der Waals surface area contributed by atoms with Crippen molar-refractivity contribution in [1.82, 2.24) is 9.71 Å². The van der Waals surface area contributed by atoms with Crippen molar-refractivity contribution in [3.63, 3.8) is 0 Å². The fourth-order valence-corrected chi connectivity index (χ4v) is 3.85. The monoisotopic (exact) mass is 336 g/mol. The van der Waals surface area contributed by atoms with E-state index in [1.54, 1.807) is 18.2 Å². The Hall–Kier alpha value is -1.83. The van der Waals surface area contributed by atoms with Crippen LogP contribution in [0.4, 0.5) is 4.39 Å². The van der Waals surface area contributed by atoms with Crippen LogP contribution in [0.2, 0.25) is 0 Å². The summed E-state index contributed by atoms with van der Waals surface area (Å²) in [7, 11) is -3.74. The maximum Gasteiger partial charge on any atom is 0.242 e. The Kier molecular flexibility index (Phi) is 4.70. The zero-order valence-electron chi connectivity index (χ0n) is 12.4. The first-order valence-electron chi connectivity index (χ1n) is 7.36. The molecule has 7 heteroatoms. The van der Waals surface area contributed by atoms with E-state index in [-0.39, 0.29) is 16.8 Å². The summed E-state index contributed by atoms with van der Waals surface area (Å²) in [6.07, 6.45) is 4.15. The van der Waals surface area contributed by atoms with Gasteiger partial charge in [0.05, 0.1) is 12.1 Å². The number of benzene rings is 1. The molecule has 2 atom stereocenters. The lowest BCUT2D eigenvalue weighted by Crippen LogP contribution is -2.36. The van der Waals surface area contributed by atoms with Crippen LogP contribution in [0.5, 0.6) is 0 Å². The number of nitrogens with one attached hydrogen (secondary N) is 1. The van der Waals surface area contributed by atoms with Crippen molar-refractivity contribution in [1.29, 1.82) is 0 Å². The fourth-order valence-electron chi connectivity index (χ4n) is 2.64. The summed E-state index contributed by atoms with van der Waals surface area (Å²) in [5, 5.41) is 0. The van der Waals surface area contributed by atoms with Crippen LogP contribution in [0.15, 0.2) is 53.7 Å². The molecule has 2 heterocycles. The van der Waals surface area contributed by atoms with E-state index in [2.05, 4.69) is 9.71 Å². The largest absolute Gasteiger partial charge is 0.376 e. The Morgan fingerprint density at radius 3 is 2.65 bits per heavy atom. The average Bonchev–Trinajstić information content (AvgIpc) is 3.09. The van der Waals surface area contributed by atoms with Crippen LogP contribution < -0.4 is 4.72 Å². The van der Waals surface area contributed by atoms with Crippen LogP contribution in [0.3, 0.4) is 0 Å². The lowest BCUT2D eigenvalue weighted by atomic mass is 10.0. The highest BCUT2D eigenvalue weighted by atomic mass is 32.2. The second kappa shape index (κ2) is 6.74. The summed E-state index contributed by atoms with van der Waals surface area (Å²) in [5.41, 5.74) is 0.672.